The van der Waals surface area contributed by atoms with E-state index in [1.54, 1.807) is 16.4 Å². The van der Waals surface area contributed by atoms with E-state index in [1.807, 2.05) is 61.5 Å². The molecule has 174 valence electrons. The monoisotopic (exact) mass is 474 g/mol. The Labute approximate surface area is 202 Å². The number of carbonyl (C=O) groups is 3. The lowest BCUT2D eigenvalue weighted by atomic mass is 10.1. The number of hydrogen-bond acceptors (Lipinski definition) is 5. The van der Waals surface area contributed by atoms with Crippen LogP contribution in [0.15, 0.2) is 66.1 Å². The highest BCUT2D eigenvalue weighted by molar-refractivity contribution is 7.14. The third-order valence-corrected chi connectivity index (χ3v) is 6.27. The average molecular weight is 475 g/mol. The summed E-state index contributed by atoms with van der Waals surface area (Å²) in [5, 5.41) is 8.18. The molecule has 3 aromatic rings. The van der Waals surface area contributed by atoms with Gasteiger partial charge in [0.1, 0.15) is 0 Å². The van der Waals surface area contributed by atoms with Crippen molar-refractivity contribution in [1.29, 1.82) is 0 Å². The highest BCUT2D eigenvalue weighted by atomic mass is 32.1. The van der Waals surface area contributed by atoms with Crippen LogP contribution in [0.5, 0.6) is 0 Å². The summed E-state index contributed by atoms with van der Waals surface area (Å²) in [6.45, 7) is 3.39. The van der Waals surface area contributed by atoms with Gasteiger partial charge in [-0.3, -0.25) is 19.3 Å². The molecule has 0 aliphatic heterocycles. The van der Waals surface area contributed by atoms with Crippen molar-refractivity contribution in [2.24, 2.45) is 5.92 Å². The number of anilines is 3. The Morgan fingerprint density at radius 1 is 1.09 bits per heavy atom. The summed E-state index contributed by atoms with van der Waals surface area (Å²) >= 11 is 1.34. The highest BCUT2D eigenvalue weighted by Gasteiger charge is 2.29. The molecule has 1 atom stereocenters. The van der Waals surface area contributed by atoms with E-state index in [0.717, 1.165) is 29.8 Å². The first-order valence-electron chi connectivity index (χ1n) is 11.1. The van der Waals surface area contributed by atoms with Crippen molar-refractivity contribution in [3.63, 3.8) is 0 Å². The van der Waals surface area contributed by atoms with Gasteiger partial charge in [0.05, 0.1) is 17.4 Å². The van der Waals surface area contributed by atoms with Crippen LogP contribution in [0.2, 0.25) is 0 Å². The zero-order valence-electron chi connectivity index (χ0n) is 19.0. The summed E-state index contributed by atoms with van der Waals surface area (Å²) in [6, 6.07) is 16.6. The highest BCUT2D eigenvalue weighted by Crippen LogP contribution is 2.30. The van der Waals surface area contributed by atoms with E-state index < -0.39 is 0 Å². The van der Waals surface area contributed by atoms with Crippen LogP contribution >= 0.6 is 11.3 Å². The van der Waals surface area contributed by atoms with Gasteiger partial charge < -0.3 is 10.6 Å². The molecule has 7 nitrogen and oxygen atoms in total. The molecule has 1 heterocycles. The van der Waals surface area contributed by atoms with Crippen molar-refractivity contribution >= 4 is 51.6 Å². The fourth-order valence-corrected chi connectivity index (χ4v) is 4.27. The maximum absolute atomic E-state index is 12.4. The molecule has 1 aromatic heterocycles. The van der Waals surface area contributed by atoms with Crippen LogP contribution in [0.1, 0.15) is 44.0 Å². The van der Waals surface area contributed by atoms with E-state index in [4.69, 9.17) is 0 Å². The summed E-state index contributed by atoms with van der Waals surface area (Å²) in [5.74, 6) is -0.164. The number of hydrogen-bond donors (Lipinski definition) is 2. The average Bonchev–Trinajstić information content (AvgIpc) is 3.58. The van der Waals surface area contributed by atoms with E-state index in [1.165, 1.54) is 24.3 Å². The molecule has 1 fully saturated rings. The SMILES string of the molecule is CC(=O)N(c1ccccc1)c1nc(/C=C/C(=O)NC(C)c2ccc(NC(=O)C3CC3)cc2)cs1. The third kappa shape index (κ3) is 5.96. The van der Waals surface area contributed by atoms with Gasteiger partial charge in [0, 0.05) is 30.0 Å². The summed E-state index contributed by atoms with van der Waals surface area (Å²) in [5.41, 5.74) is 3.03. The van der Waals surface area contributed by atoms with Gasteiger partial charge in [-0.2, -0.15) is 0 Å². The number of para-hydroxylation sites is 1. The van der Waals surface area contributed by atoms with Crippen molar-refractivity contribution in [2.75, 3.05) is 10.2 Å². The second-order valence-electron chi connectivity index (χ2n) is 8.19. The lowest BCUT2D eigenvalue weighted by Crippen LogP contribution is -2.24. The van der Waals surface area contributed by atoms with Gasteiger partial charge in [0.15, 0.2) is 5.13 Å². The van der Waals surface area contributed by atoms with Gasteiger partial charge in [-0.25, -0.2) is 4.98 Å². The predicted molar refractivity (Wildman–Crippen MR) is 135 cm³/mol. The molecule has 0 radical (unpaired) electrons. The second kappa shape index (κ2) is 10.4. The Balaban J connectivity index is 1.34. The van der Waals surface area contributed by atoms with E-state index in [2.05, 4.69) is 15.6 Å². The molecule has 1 aliphatic rings. The lowest BCUT2D eigenvalue weighted by Gasteiger charge is -2.17. The number of aromatic nitrogens is 1. The smallest absolute Gasteiger partial charge is 0.244 e. The first-order valence-corrected chi connectivity index (χ1v) is 12.0. The minimum Gasteiger partial charge on any atom is -0.346 e. The Morgan fingerprint density at radius 2 is 1.79 bits per heavy atom. The van der Waals surface area contributed by atoms with Gasteiger partial charge in [0.2, 0.25) is 17.7 Å². The number of benzene rings is 2. The molecule has 0 bridgehead atoms. The molecule has 34 heavy (non-hydrogen) atoms. The van der Waals surface area contributed by atoms with Crippen LogP contribution < -0.4 is 15.5 Å². The first-order chi connectivity index (χ1) is 16.4. The zero-order chi connectivity index (χ0) is 24.1. The Morgan fingerprint density at radius 3 is 2.44 bits per heavy atom. The van der Waals surface area contributed by atoms with Gasteiger partial charge >= 0.3 is 0 Å². The van der Waals surface area contributed by atoms with Gasteiger partial charge in [0.25, 0.3) is 0 Å². The zero-order valence-corrected chi connectivity index (χ0v) is 19.8. The van der Waals surface area contributed by atoms with E-state index >= 15 is 0 Å². The first kappa shape index (κ1) is 23.4. The quantitative estimate of drug-likeness (QED) is 0.446. The van der Waals surface area contributed by atoms with Crippen LogP contribution in [0.3, 0.4) is 0 Å². The minimum absolute atomic E-state index is 0.0691. The molecule has 8 heteroatoms. The molecule has 0 spiro atoms. The lowest BCUT2D eigenvalue weighted by molar-refractivity contribution is -0.118. The predicted octanol–water partition coefficient (Wildman–Crippen LogP) is 5.07. The Kier molecular flexibility index (Phi) is 7.18. The van der Waals surface area contributed by atoms with E-state index in [-0.39, 0.29) is 29.7 Å². The number of nitrogens with one attached hydrogen (secondary N) is 2. The molecular weight excluding hydrogens is 448 g/mol. The van der Waals surface area contributed by atoms with Gasteiger partial charge in [-0.05, 0) is 55.7 Å². The van der Waals surface area contributed by atoms with Crippen LogP contribution in [0.25, 0.3) is 6.08 Å². The summed E-state index contributed by atoms with van der Waals surface area (Å²) in [6.07, 6.45) is 4.98. The third-order valence-electron chi connectivity index (χ3n) is 5.42. The van der Waals surface area contributed by atoms with Crippen LogP contribution in [-0.2, 0) is 14.4 Å². The molecule has 1 saturated carbocycles. The number of carbonyl (C=O) groups excluding carboxylic acids is 3. The van der Waals surface area contributed by atoms with Crippen molar-refractivity contribution in [3.8, 4) is 0 Å². The van der Waals surface area contributed by atoms with Gasteiger partial charge in [-0.1, -0.05) is 30.3 Å². The van der Waals surface area contributed by atoms with Crippen LogP contribution in [0.4, 0.5) is 16.5 Å². The molecular formula is C26H26N4O3S. The van der Waals surface area contributed by atoms with Crippen molar-refractivity contribution in [2.45, 2.75) is 32.7 Å². The Hall–Kier alpha value is -3.78. The summed E-state index contributed by atoms with van der Waals surface area (Å²) in [7, 11) is 0. The number of thiazole rings is 1. The fourth-order valence-electron chi connectivity index (χ4n) is 3.41. The van der Waals surface area contributed by atoms with Crippen molar-refractivity contribution < 1.29 is 14.4 Å². The van der Waals surface area contributed by atoms with Crippen molar-refractivity contribution in [3.05, 3.63) is 77.3 Å². The maximum Gasteiger partial charge on any atom is 0.244 e. The molecule has 2 aromatic carbocycles. The molecule has 1 unspecified atom stereocenters. The summed E-state index contributed by atoms with van der Waals surface area (Å²) < 4.78 is 0. The fraction of sp³-hybridized carbons (Fsp3) is 0.231. The number of nitrogens with zero attached hydrogens (tertiary/aromatic N) is 2. The number of rotatable bonds is 8. The number of amides is 3. The van der Waals surface area contributed by atoms with E-state index in [9.17, 15) is 14.4 Å². The standard InChI is InChI=1S/C26H26N4O3S/c1-17(19-10-12-21(13-11-19)28-25(33)20-8-9-20)27-24(32)15-14-22-16-34-26(29-22)30(18(2)31)23-6-4-3-5-7-23/h3-7,10-17,20H,8-9H2,1-2H3,(H,27,32)(H,28,33)/b15-14+. The topological polar surface area (TPSA) is 91.4 Å². The molecule has 1 aliphatic carbocycles. The molecule has 2 N–H and O–H groups in total. The molecule has 4 rings (SSSR count). The largest absolute Gasteiger partial charge is 0.346 e. The second-order valence-corrected chi connectivity index (χ2v) is 9.03. The van der Waals surface area contributed by atoms with E-state index in [0.29, 0.717) is 10.8 Å². The summed E-state index contributed by atoms with van der Waals surface area (Å²) in [4.78, 5) is 42.5. The minimum atomic E-state index is -0.250. The van der Waals surface area contributed by atoms with Gasteiger partial charge in [-0.15, -0.1) is 11.3 Å². The van der Waals surface area contributed by atoms with Crippen LogP contribution in [0, 0.1) is 5.92 Å². The Bertz CT molecular complexity index is 1200. The molecule has 0 saturated heterocycles. The normalized spacial score (nSPS) is 13.9. The maximum atomic E-state index is 12.4. The molecule has 3 amide bonds. The van der Waals surface area contributed by atoms with Crippen molar-refractivity contribution in [1.82, 2.24) is 10.3 Å². The van der Waals surface area contributed by atoms with Crippen LogP contribution in [-0.4, -0.2) is 22.7 Å².